The molecule has 0 radical (unpaired) electrons. The molecule has 0 spiro atoms. The fraction of sp³-hybridized carbons (Fsp3) is 0.0714. The molecule has 98 valence electrons. The van der Waals surface area contributed by atoms with Crippen LogP contribution in [0.1, 0.15) is 15.9 Å². The maximum absolute atomic E-state index is 13.2. The number of rotatable bonds is 2. The maximum Gasteiger partial charge on any atom is 0.255 e. The first-order valence-electron chi connectivity index (χ1n) is 5.53. The zero-order valence-corrected chi connectivity index (χ0v) is 10.8. The topological polar surface area (TPSA) is 49.3 Å². The summed E-state index contributed by atoms with van der Waals surface area (Å²) in [5, 5.41) is 12.2. The highest BCUT2D eigenvalue weighted by Gasteiger charge is 2.09. The second-order valence-corrected chi connectivity index (χ2v) is 4.54. The van der Waals surface area contributed by atoms with Gasteiger partial charge in [0.05, 0.1) is 5.02 Å². The van der Waals surface area contributed by atoms with Crippen LogP contribution in [0.3, 0.4) is 0 Å². The van der Waals surface area contributed by atoms with Crippen LogP contribution in [0.4, 0.5) is 10.1 Å². The van der Waals surface area contributed by atoms with Crippen molar-refractivity contribution in [3.05, 3.63) is 58.4 Å². The van der Waals surface area contributed by atoms with Gasteiger partial charge in [0.2, 0.25) is 0 Å². The van der Waals surface area contributed by atoms with E-state index in [0.29, 0.717) is 11.3 Å². The molecule has 0 aliphatic rings. The van der Waals surface area contributed by atoms with Crippen LogP contribution in [0, 0.1) is 12.7 Å². The largest absolute Gasteiger partial charge is 0.506 e. The van der Waals surface area contributed by atoms with E-state index in [1.807, 2.05) is 0 Å². The second kappa shape index (κ2) is 5.28. The number of carbonyl (C=O) groups is 1. The number of carbonyl (C=O) groups excluding carboxylic acids is 1. The minimum atomic E-state index is -0.468. The van der Waals surface area contributed by atoms with E-state index in [9.17, 15) is 14.3 Å². The normalized spacial score (nSPS) is 10.3. The van der Waals surface area contributed by atoms with Gasteiger partial charge >= 0.3 is 0 Å². The minimum Gasteiger partial charge on any atom is -0.506 e. The van der Waals surface area contributed by atoms with Crippen LogP contribution in [0.5, 0.6) is 5.75 Å². The van der Waals surface area contributed by atoms with Gasteiger partial charge in [0, 0.05) is 17.3 Å². The van der Waals surface area contributed by atoms with Crippen molar-refractivity contribution >= 4 is 23.2 Å². The number of phenolic OH excluding ortho intramolecular Hbond substituents is 1. The number of hydrogen-bond donors (Lipinski definition) is 2. The first-order valence-corrected chi connectivity index (χ1v) is 5.90. The van der Waals surface area contributed by atoms with Crippen molar-refractivity contribution in [2.45, 2.75) is 6.92 Å². The first kappa shape index (κ1) is 13.4. The highest BCUT2D eigenvalue weighted by molar-refractivity contribution is 6.32. The Bertz CT molecular complexity index is 623. The molecule has 2 aromatic rings. The molecule has 0 atom stereocenters. The van der Waals surface area contributed by atoms with Crippen LogP contribution in [-0.4, -0.2) is 11.0 Å². The lowest BCUT2D eigenvalue weighted by Crippen LogP contribution is -2.12. The van der Waals surface area contributed by atoms with Gasteiger partial charge in [0.25, 0.3) is 5.91 Å². The molecule has 0 unspecified atom stereocenters. The van der Waals surface area contributed by atoms with Gasteiger partial charge in [-0.1, -0.05) is 11.6 Å². The summed E-state index contributed by atoms with van der Waals surface area (Å²) in [5.41, 5.74) is 1.25. The summed E-state index contributed by atoms with van der Waals surface area (Å²) in [4.78, 5) is 11.9. The Labute approximate surface area is 114 Å². The molecule has 0 heterocycles. The standard InChI is InChI=1S/C14H11ClFNO2/c1-8-4-9(6-10(16)5-8)14(19)17-11-2-3-12(15)13(18)7-11/h2-7,18H,1H3,(H,17,19). The van der Waals surface area contributed by atoms with Crippen LogP contribution in [0.2, 0.25) is 5.02 Å². The third-order valence-corrected chi connectivity index (χ3v) is 2.83. The van der Waals surface area contributed by atoms with Gasteiger partial charge in [-0.2, -0.15) is 0 Å². The summed E-state index contributed by atoms with van der Waals surface area (Å²) in [5.74, 6) is -1.05. The summed E-state index contributed by atoms with van der Waals surface area (Å²) in [7, 11) is 0. The quantitative estimate of drug-likeness (QED) is 0.880. The third kappa shape index (κ3) is 3.23. The lowest BCUT2D eigenvalue weighted by molar-refractivity contribution is 0.102. The summed E-state index contributed by atoms with van der Waals surface area (Å²) >= 11 is 5.66. The smallest absolute Gasteiger partial charge is 0.255 e. The van der Waals surface area contributed by atoms with E-state index in [-0.39, 0.29) is 16.3 Å². The Kier molecular flexibility index (Phi) is 3.71. The van der Waals surface area contributed by atoms with E-state index < -0.39 is 11.7 Å². The van der Waals surface area contributed by atoms with Crippen molar-refractivity contribution in [3.63, 3.8) is 0 Å². The molecule has 0 fully saturated rings. The molecule has 19 heavy (non-hydrogen) atoms. The number of benzene rings is 2. The van der Waals surface area contributed by atoms with Crippen LogP contribution in [-0.2, 0) is 0 Å². The fourth-order valence-electron chi connectivity index (χ4n) is 1.66. The first-order chi connectivity index (χ1) is 8.95. The third-order valence-electron chi connectivity index (χ3n) is 2.51. The number of aryl methyl sites for hydroxylation is 1. The summed E-state index contributed by atoms with van der Waals surface area (Å²) in [6.07, 6.45) is 0. The molecule has 1 amide bonds. The van der Waals surface area contributed by atoms with Gasteiger partial charge in [0.15, 0.2) is 0 Å². The molecule has 2 aromatic carbocycles. The number of hydrogen-bond acceptors (Lipinski definition) is 2. The van der Waals surface area contributed by atoms with E-state index in [1.54, 1.807) is 19.1 Å². The molecule has 0 bridgehead atoms. The van der Waals surface area contributed by atoms with E-state index in [0.717, 1.165) is 6.07 Å². The second-order valence-electron chi connectivity index (χ2n) is 4.14. The number of halogens is 2. The van der Waals surface area contributed by atoms with Crippen molar-refractivity contribution < 1.29 is 14.3 Å². The van der Waals surface area contributed by atoms with Crippen molar-refractivity contribution in [2.75, 3.05) is 5.32 Å². The predicted molar refractivity (Wildman–Crippen MR) is 72.2 cm³/mol. The van der Waals surface area contributed by atoms with E-state index in [2.05, 4.69) is 5.32 Å². The van der Waals surface area contributed by atoms with Gasteiger partial charge in [-0.25, -0.2) is 4.39 Å². The monoisotopic (exact) mass is 279 g/mol. The lowest BCUT2D eigenvalue weighted by Gasteiger charge is -2.07. The molecule has 0 saturated carbocycles. The number of amides is 1. The number of nitrogens with one attached hydrogen (secondary N) is 1. The molecule has 0 aromatic heterocycles. The summed E-state index contributed by atoms with van der Waals surface area (Å²) < 4.78 is 13.2. The van der Waals surface area contributed by atoms with Gasteiger partial charge in [0.1, 0.15) is 11.6 Å². The number of anilines is 1. The average molecular weight is 280 g/mol. The summed E-state index contributed by atoms with van der Waals surface area (Å²) in [6.45, 7) is 1.70. The molecular formula is C14H11ClFNO2. The van der Waals surface area contributed by atoms with Gasteiger partial charge < -0.3 is 10.4 Å². The molecule has 2 N–H and O–H groups in total. The molecule has 0 saturated heterocycles. The zero-order valence-electron chi connectivity index (χ0n) is 10.1. The average Bonchev–Trinajstić information content (AvgIpc) is 2.32. The van der Waals surface area contributed by atoms with Crippen molar-refractivity contribution in [1.29, 1.82) is 0 Å². The van der Waals surface area contributed by atoms with Gasteiger partial charge in [-0.05, 0) is 42.8 Å². The molecule has 3 nitrogen and oxygen atoms in total. The van der Waals surface area contributed by atoms with Crippen LogP contribution < -0.4 is 5.32 Å². The maximum atomic E-state index is 13.2. The highest BCUT2D eigenvalue weighted by atomic mass is 35.5. The van der Waals surface area contributed by atoms with Crippen LogP contribution in [0.15, 0.2) is 36.4 Å². The van der Waals surface area contributed by atoms with Crippen LogP contribution in [0.25, 0.3) is 0 Å². The Hall–Kier alpha value is -2.07. The van der Waals surface area contributed by atoms with Gasteiger partial charge in [-0.15, -0.1) is 0 Å². The predicted octanol–water partition coefficient (Wildman–Crippen LogP) is 3.75. The van der Waals surface area contributed by atoms with Crippen LogP contribution >= 0.6 is 11.6 Å². The number of phenols is 1. The van der Waals surface area contributed by atoms with Crippen molar-refractivity contribution in [3.8, 4) is 5.75 Å². The minimum absolute atomic E-state index is 0.130. The molecule has 0 aliphatic heterocycles. The Balaban J connectivity index is 2.22. The Morgan fingerprint density at radius 1 is 1.26 bits per heavy atom. The molecule has 0 aliphatic carbocycles. The van der Waals surface area contributed by atoms with E-state index in [4.69, 9.17) is 11.6 Å². The van der Waals surface area contributed by atoms with Crippen molar-refractivity contribution in [2.24, 2.45) is 0 Å². The Morgan fingerprint density at radius 3 is 2.63 bits per heavy atom. The lowest BCUT2D eigenvalue weighted by atomic mass is 10.1. The fourth-order valence-corrected chi connectivity index (χ4v) is 1.78. The molecule has 2 rings (SSSR count). The van der Waals surface area contributed by atoms with Gasteiger partial charge in [-0.3, -0.25) is 4.79 Å². The number of aromatic hydroxyl groups is 1. The SMILES string of the molecule is Cc1cc(F)cc(C(=O)Nc2ccc(Cl)c(O)c2)c1. The van der Waals surface area contributed by atoms with E-state index in [1.165, 1.54) is 18.2 Å². The summed E-state index contributed by atoms with van der Waals surface area (Å²) in [6, 6.07) is 8.40. The zero-order chi connectivity index (χ0) is 14.0. The molecule has 5 heteroatoms. The highest BCUT2D eigenvalue weighted by Crippen LogP contribution is 2.26. The molecular weight excluding hydrogens is 269 g/mol. The van der Waals surface area contributed by atoms with Crippen molar-refractivity contribution in [1.82, 2.24) is 0 Å². The Morgan fingerprint density at radius 2 is 2.00 bits per heavy atom. The van der Waals surface area contributed by atoms with E-state index >= 15 is 0 Å².